The van der Waals surface area contributed by atoms with Crippen molar-refractivity contribution in [2.75, 3.05) is 6.79 Å². The van der Waals surface area contributed by atoms with Crippen LogP contribution in [0.25, 0.3) is 0 Å². The Bertz CT molecular complexity index is 460. The minimum atomic E-state index is -0.728. The van der Waals surface area contributed by atoms with E-state index in [0.29, 0.717) is 24.3 Å². The Hall–Kier alpha value is -1.71. The summed E-state index contributed by atoms with van der Waals surface area (Å²) in [4.78, 5) is 11.6. The molecule has 1 heterocycles. The Morgan fingerprint density at radius 1 is 1.18 bits per heavy atom. The summed E-state index contributed by atoms with van der Waals surface area (Å²) >= 11 is 0. The van der Waals surface area contributed by atoms with Crippen LogP contribution in [-0.2, 0) is 10.2 Å². The van der Waals surface area contributed by atoms with E-state index in [2.05, 4.69) is 0 Å². The lowest BCUT2D eigenvalue weighted by atomic mass is 9.79. The van der Waals surface area contributed by atoms with E-state index in [9.17, 15) is 9.90 Å². The Labute approximate surface area is 99.2 Å². The molecule has 90 valence electrons. The molecule has 0 saturated heterocycles. The van der Waals surface area contributed by atoms with Gasteiger partial charge in [0.05, 0.1) is 5.41 Å². The van der Waals surface area contributed by atoms with Crippen LogP contribution in [-0.4, -0.2) is 17.9 Å². The van der Waals surface area contributed by atoms with Crippen LogP contribution in [0.15, 0.2) is 18.2 Å². The number of carboxylic acids is 1. The fraction of sp³-hybridized carbons (Fsp3) is 0.462. The van der Waals surface area contributed by atoms with Crippen LogP contribution in [0.2, 0.25) is 0 Å². The standard InChI is InChI=1S/C13H14O4/c14-12(15)13(5-1-2-6-13)9-3-4-10-11(7-9)17-8-16-10/h3-4,7H,1-2,5-6,8H2,(H,14,15). The van der Waals surface area contributed by atoms with Gasteiger partial charge in [-0.25, -0.2) is 0 Å². The predicted octanol–water partition coefficient (Wildman–Crippen LogP) is 2.31. The van der Waals surface area contributed by atoms with Gasteiger partial charge in [-0.2, -0.15) is 0 Å². The van der Waals surface area contributed by atoms with Crippen molar-refractivity contribution in [3.63, 3.8) is 0 Å². The molecule has 3 rings (SSSR count). The van der Waals surface area contributed by atoms with Gasteiger partial charge >= 0.3 is 5.97 Å². The normalized spacial score (nSPS) is 20.5. The number of fused-ring (bicyclic) bond motifs is 1. The summed E-state index contributed by atoms with van der Waals surface area (Å²) in [6.45, 7) is 0.221. The molecule has 4 heteroatoms. The first kappa shape index (κ1) is 10.4. The summed E-state index contributed by atoms with van der Waals surface area (Å²) in [6, 6.07) is 5.48. The summed E-state index contributed by atoms with van der Waals surface area (Å²) in [5.74, 6) is 0.635. The molecular formula is C13H14O4. The van der Waals surface area contributed by atoms with Crippen molar-refractivity contribution in [3.05, 3.63) is 23.8 Å². The molecule has 0 aromatic heterocycles. The molecule has 1 aromatic rings. The van der Waals surface area contributed by atoms with E-state index in [-0.39, 0.29) is 6.79 Å². The molecule has 1 aliphatic heterocycles. The van der Waals surface area contributed by atoms with Crippen molar-refractivity contribution in [1.82, 2.24) is 0 Å². The first-order chi connectivity index (χ1) is 8.22. The molecule has 17 heavy (non-hydrogen) atoms. The van der Waals surface area contributed by atoms with Crippen molar-refractivity contribution in [2.45, 2.75) is 31.1 Å². The van der Waals surface area contributed by atoms with Gasteiger partial charge in [0, 0.05) is 0 Å². The highest BCUT2D eigenvalue weighted by Gasteiger charge is 2.43. The Morgan fingerprint density at radius 3 is 2.59 bits per heavy atom. The number of aliphatic carboxylic acids is 1. The largest absolute Gasteiger partial charge is 0.481 e. The monoisotopic (exact) mass is 234 g/mol. The third kappa shape index (κ3) is 1.47. The molecule has 1 aromatic carbocycles. The number of hydrogen-bond donors (Lipinski definition) is 1. The van der Waals surface area contributed by atoms with Gasteiger partial charge in [0.2, 0.25) is 6.79 Å². The predicted molar refractivity (Wildman–Crippen MR) is 60.3 cm³/mol. The van der Waals surface area contributed by atoms with Crippen molar-refractivity contribution < 1.29 is 19.4 Å². The molecule has 2 aliphatic rings. The lowest BCUT2D eigenvalue weighted by molar-refractivity contribution is -0.143. The van der Waals surface area contributed by atoms with Gasteiger partial charge in [-0.1, -0.05) is 18.9 Å². The van der Waals surface area contributed by atoms with Crippen LogP contribution in [0, 0.1) is 0 Å². The number of rotatable bonds is 2. The third-order valence-corrected chi connectivity index (χ3v) is 3.79. The number of carbonyl (C=O) groups is 1. The number of benzene rings is 1. The van der Waals surface area contributed by atoms with E-state index in [0.717, 1.165) is 18.4 Å². The fourth-order valence-corrected chi connectivity index (χ4v) is 2.80. The summed E-state index contributed by atoms with van der Waals surface area (Å²) in [6.07, 6.45) is 3.37. The number of carboxylic acid groups (broad SMARTS) is 1. The molecule has 1 saturated carbocycles. The van der Waals surface area contributed by atoms with Gasteiger partial charge in [0.15, 0.2) is 11.5 Å². The first-order valence-electron chi connectivity index (χ1n) is 5.86. The lowest BCUT2D eigenvalue weighted by Gasteiger charge is -2.24. The lowest BCUT2D eigenvalue weighted by Crippen LogP contribution is -2.32. The molecule has 0 bridgehead atoms. The molecule has 0 radical (unpaired) electrons. The van der Waals surface area contributed by atoms with Gasteiger partial charge in [-0.05, 0) is 30.5 Å². The summed E-state index contributed by atoms with van der Waals surface area (Å²) < 4.78 is 10.5. The van der Waals surface area contributed by atoms with Gasteiger partial charge < -0.3 is 14.6 Å². The fourth-order valence-electron chi connectivity index (χ4n) is 2.80. The van der Waals surface area contributed by atoms with Gasteiger partial charge in [-0.15, -0.1) is 0 Å². The molecule has 0 unspecified atom stereocenters. The van der Waals surface area contributed by atoms with E-state index in [4.69, 9.17) is 9.47 Å². The molecule has 0 amide bonds. The van der Waals surface area contributed by atoms with Crippen LogP contribution in [0.4, 0.5) is 0 Å². The smallest absolute Gasteiger partial charge is 0.314 e. The zero-order valence-electron chi connectivity index (χ0n) is 9.44. The first-order valence-corrected chi connectivity index (χ1v) is 5.86. The molecule has 1 N–H and O–H groups in total. The van der Waals surface area contributed by atoms with Gasteiger partial charge in [-0.3, -0.25) is 4.79 Å². The summed E-state index contributed by atoms with van der Waals surface area (Å²) in [5, 5.41) is 9.49. The van der Waals surface area contributed by atoms with Gasteiger partial charge in [0.25, 0.3) is 0 Å². The molecule has 4 nitrogen and oxygen atoms in total. The van der Waals surface area contributed by atoms with Crippen LogP contribution in [0.1, 0.15) is 31.2 Å². The maximum absolute atomic E-state index is 11.6. The van der Waals surface area contributed by atoms with Crippen molar-refractivity contribution in [2.24, 2.45) is 0 Å². The highest BCUT2D eigenvalue weighted by Crippen LogP contribution is 2.44. The SMILES string of the molecule is O=C(O)C1(c2ccc3c(c2)OCO3)CCCC1. The third-order valence-electron chi connectivity index (χ3n) is 3.79. The zero-order valence-corrected chi connectivity index (χ0v) is 9.44. The molecular weight excluding hydrogens is 220 g/mol. The second-order valence-corrected chi connectivity index (χ2v) is 4.66. The second kappa shape index (κ2) is 3.65. The average molecular weight is 234 g/mol. The molecule has 1 aliphatic carbocycles. The van der Waals surface area contributed by atoms with E-state index in [1.54, 1.807) is 6.07 Å². The Kier molecular flexibility index (Phi) is 2.24. The van der Waals surface area contributed by atoms with Crippen molar-refractivity contribution in [3.8, 4) is 11.5 Å². The topological polar surface area (TPSA) is 55.8 Å². The van der Waals surface area contributed by atoms with Crippen LogP contribution < -0.4 is 9.47 Å². The Morgan fingerprint density at radius 2 is 1.88 bits per heavy atom. The molecule has 1 fully saturated rings. The maximum Gasteiger partial charge on any atom is 0.314 e. The zero-order chi connectivity index (χ0) is 11.9. The Balaban J connectivity index is 2.05. The highest BCUT2D eigenvalue weighted by atomic mass is 16.7. The van der Waals surface area contributed by atoms with E-state index in [1.807, 2.05) is 12.1 Å². The average Bonchev–Trinajstić information content (AvgIpc) is 2.97. The van der Waals surface area contributed by atoms with Gasteiger partial charge in [0.1, 0.15) is 0 Å². The van der Waals surface area contributed by atoms with E-state index < -0.39 is 11.4 Å². The van der Waals surface area contributed by atoms with E-state index in [1.165, 1.54) is 0 Å². The van der Waals surface area contributed by atoms with Crippen LogP contribution in [0.3, 0.4) is 0 Å². The van der Waals surface area contributed by atoms with Crippen LogP contribution >= 0.6 is 0 Å². The minimum absolute atomic E-state index is 0.221. The summed E-state index contributed by atoms with van der Waals surface area (Å²) in [7, 11) is 0. The number of ether oxygens (including phenoxy) is 2. The number of hydrogen-bond acceptors (Lipinski definition) is 3. The van der Waals surface area contributed by atoms with E-state index >= 15 is 0 Å². The minimum Gasteiger partial charge on any atom is -0.481 e. The second-order valence-electron chi connectivity index (χ2n) is 4.66. The van der Waals surface area contributed by atoms with Crippen molar-refractivity contribution >= 4 is 5.97 Å². The van der Waals surface area contributed by atoms with Crippen LogP contribution in [0.5, 0.6) is 11.5 Å². The molecule has 0 spiro atoms. The van der Waals surface area contributed by atoms with Crippen molar-refractivity contribution in [1.29, 1.82) is 0 Å². The molecule has 0 atom stereocenters. The quantitative estimate of drug-likeness (QED) is 0.853. The maximum atomic E-state index is 11.6. The highest BCUT2D eigenvalue weighted by molar-refractivity contribution is 5.82. The summed E-state index contributed by atoms with van der Waals surface area (Å²) in [5.41, 5.74) is 0.118.